The monoisotopic (exact) mass is 286 g/mol. The van der Waals surface area contributed by atoms with Gasteiger partial charge in [-0.1, -0.05) is 6.42 Å². The number of hydrogen-bond donors (Lipinski definition) is 1. The van der Waals surface area contributed by atoms with Gasteiger partial charge in [0.05, 0.1) is 11.9 Å². The Morgan fingerprint density at radius 3 is 3.10 bits per heavy atom. The lowest BCUT2D eigenvalue weighted by Gasteiger charge is -2.12. The van der Waals surface area contributed by atoms with Crippen LogP contribution in [0.3, 0.4) is 0 Å². The average molecular weight is 286 g/mol. The van der Waals surface area contributed by atoms with Gasteiger partial charge in [0.1, 0.15) is 0 Å². The summed E-state index contributed by atoms with van der Waals surface area (Å²) in [5.41, 5.74) is 1.86. The zero-order valence-corrected chi connectivity index (χ0v) is 11.3. The number of nitrogens with zero attached hydrogens (tertiary/aromatic N) is 4. The molecule has 1 N–H and O–H groups in total. The highest BCUT2D eigenvalue weighted by Crippen LogP contribution is 2.49. The first kappa shape index (κ1) is 12.3. The topological polar surface area (TPSA) is 95.0 Å². The van der Waals surface area contributed by atoms with E-state index >= 15 is 0 Å². The van der Waals surface area contributed by atoms with E-state index in [0.717, 1.165) is 36.9 Å². The minimum absolute atomic E-state index is 0.0995. The van der Waals surface area contributed by atoms with E-state index in [0.29, 0.717) is 22.4 Å². The van der Waals surface area contributed by atoms with Crippen molar-refractivity contribution >= 4 is 5.97 Å². The lowest BCUT2D eigenvalue weighted by molar-refractivity contribution is -0.605. The SMILES string of the molecule is O=C(O)c1nn(-c2c[n+]([O-])ccn2)c2c1CC1CCCC21. The molecule has 0 aliphatic heterocycles. The molecule has 108 valence electrons. The molecule has 2 atom stereocenters. The lowest BCUT2D eigenvalue weighted by Crippen LogP contribution is -2.26. The minimum Gasteiger partial charge on any atom is -0.619 e. The summed E-state index contributed by atoms with van der Waals surface area (Å²) in [5.74, 6) is 0.202. The molecule has 2 heterocycles. The van der Waals surface area contributed by atoms with Crippen molar-refractivity contribution in [3.05, 3.63) is 40.7 Å². The van der Waals surface area contributed by atoms with Crippen LogP contribution in [-0.4, -0.2) is 25.8 Å². The summed E-state index contributed by atoms with van der Waals surface area (Å²) in [4.78, 5) is 15.6. The number of aromatic nitrogens is 4. The van der Waals surface area contributed by atoms with Crippen molar-refractivity contribution in [2.24, 2.45) is 5.92 Å². The summed E-state index contributed by atoms with van der Waals surface area (Å²) in [7, 11) is 0. The number of carboxylic acids is 1. The number of rotatable bonds is 2. The second-order valence-corrected chi connectivity index (χ2v) is 5.71. The summed E-state index contributed by atoms with van der Waals surface area (Å²) in [5, 5.41) is 25.0. The molecule has 2 aromatic rings. The molecule has 21 heavy (non-hydrogen) atoms. The highest BCUT2D eigenvalue weighted by molar-refractivity contribution is 5.88. The zero-order valence-electron chi connectivity index (χ0n) is 11.3. The van der Waals surface area contributed by atoms with E-state index in [1.165, 1.54) is 18.6 Å². The van der Waals surface area contributed by atoms with Crippen molar-refractivity contribution in [1.82, 2.24) is 14.8 Å². The smallest absolute Gasteiger partial charge is 0.356 e. The summed E-state index contributed by atoms with van der Waals surface area (Å²) < 4.78 is 2.21. The third-order valence-electron chi connectivity index (χ3n) is 4.58. The molecule has 2 aliphatic rings. The van der Waals surface area contributed by atoms with Gasteiger partial charge in [0, 0.05) is 11.5 Å². The molecule has 0 aromatic carbocycles. The van der Waals surface area contributed by atoms with Crippen LogP contribution in [0.25, 0.3) is 5.82 Å². The zero-order chi connectivity index (χ0) is 14.6. The standard InChI is InChI=1S/C14H14N4O3/c19-14(20)12-10-6-8-2-1-3-9(8)13(10)18(16-12)11-7-17(21)5-4-15-11/h4-5,7-9H,1-3,6H2,(H,19,20). The number of fused-ring (bicyclic) bond motifs is 3. The van der Waals surface area contributed by atoms with Gasteiger partial charge in [0.15, 0.2) is 11.9 Å². The highest BCUT2D eigenvalue weighted by Gasteiger charge is 2.42. The van der Waals surface area contributed by atoms with E-state index in [-0.39, 0.29) is 5.69 Å². The van der Waals surface area contributed by atoms with Gasteiger partial charge in [0.25, 0.3) is 0 Å². The van der Waals surface area contributed by atoms with E-state index in [1.807, 2.05) is 0 Å². The Labute approximate surface area is 120 Å². The average Bonchev–Trinajstić information content (AvgIpc) is 3.08. The molecule has 7 nitrogen and oxygen atoms in total. The van der Waals surface area contributed by atoms with Crippen LogP contribution in [0.2, 0.25) is 0 Å². The molecule has 0 spiro atoms. The molecular weight excluding hydrogens is 272 g/mol. The predicted molar refractivity (Wildman–Crippen MR) is 71.1 cm³/mol. The Kier molecular flexibility index (Phi) is 2.51. The first-order chi connectivity index (χ1) is 10.1. The molecule has 4 rings (SSSR count). The molecular formula is C14H14N4O3. The Hall–Kier alpha value is -2.44. The molecule has 0 amide bonds. The first-order valence-corrected chi connectivity index (χ1v) is 7.05. The highest BCUT2D eigenvalue weighted by atomic mass is 16.5. The fourth-order valence-electron chi connectivity index (χ4n) is 3.77. The normalized spacial score (nSPS) is 23.0. The molecule has 1 fully saturated rings. The van der Waals surface area contributed by atoms with Gasteiger partial charge in [-0.25, -0.2) is 14.5 Å². The maximum atomic E-state index is 11.5. The lowest BCUT2D eigenvalue weighted by atomic mass is 9.99. The number of carboxylic acid groups (broad SMARTS) is 1. The van der Waals surface area contributed by atoms with Crippen LogP contribution in [0, 0.1) is 11.1 Å². The molecule has 0 saturated heterocycles. The second kappa shape index (κ2) is 4.28. The van der Waals surface area contributed by atoms with Crippen LogP contribution in [0.5, 0.6) is 0 Å². The largest absolute Gasteiger partial charge is 0.619 e. The molecule has 2 aliphatic carbocycles. The van der Waals surface area contributed by atoms with Crippen molar-refractivity contribution in [3.8, 4) is 5.82 Å². The van der Waals surface area contributed by atoms with E-state index in [2.05, 4.69) is 10.1 Å². The van der Waals surface area contributed by atoms with E-state index in [4.69, 9.17) is 0 Å². The third-order valence-corrected chi connectivity index (χ3v) is 4.58. The molecule has 0 radical (unpaired) electrons. The van der Waals surface area contributed by atoms with Gasteiger partial charge in [-0.3, -0.25) is 0 Å². The maximum absolute atomic E-state index is 11.5. The predicted octanol–water partition coefficient (Wildman–Crippen LogP) is 1.04. The van der Waals surface area contributed by atoms with Gasteiger partial charge in [-0.15, -0.1) is 0 Å². The van der Waals surface area contributed by atoms with E-state index in [1.54, 1.807) is 4.68 Å². The number of aromatic carboxylic acids is 1. The Morgan fingerprint density at radius 1 is 1.48 bits per heavy atom. The van der Waals surface area contributed by atoms with Gasteiger partial charge >= 0.3 is 5.97 Å². The molecule has 0 bridgehead atoms. The van der Waals surface area contributed by atoms with Crippen molar-refractivity contribution in [2.45, 2.75) is 31.6 Å². The molecule has 1 saturated carbocycles. The van der Waals surface area contributed by atoms with Crippen molar-refractivity contribution < 1.29 is 14.6 Å². The molecule has 2 unspecified atom stereocenters. The van der Waals surface area contributed by atoms with Gasteiger partial charge in [-0.05, 0) is 25.2 Å². The molecule has 7 heteroatoms. The number of hydrogen-bond acceptors (Lipinski definition) is 4. The van der Waals surface area contributed by atoms with Crippen LogP contribution in [0.15, 0.2) is 18.6 Å². The first-order valence-electron chi connectivity index (χ1n) is 7.05. The van der Waals surface area contributed by atoms with Crippen LogP contribution in [0.1, 0.15) is 46.9 Å². The van der Waals surface area contributed by atoms with Gasteiger partial charge in [-0.2, -0.15) is 9.83 Å². The summed E-state index contributed by atoms with van der Waals surface area (Å²) in [6.45, 7) is 0. The van der Waals surface area contributed by atoms with Crippen molar-refractivity contribution in [2.75, 3.05) is 0 Å². The Bertz CT molecular complexity index is 740. The van der Waals surface area contributed by atoms with Crippen LogP contribution in [0.4, 0.5) is 0 Å². The van der Waals surface area contributed by atoms with Gasteiger partial charge < -0.3 is 10.3 Å². The Balaban J connectivity index is 1.92. The summed E-state index contributed by atoms with van der Waals surface area (Å²) >= 11 is 0. The minimum atomic E-state index is -1.02. The third kappa shape index (κ3) is 1.73. The van der Waals surface area contributed by atoms with Gasteiger partial charge in [0.2, 0.25) is 12.0 Å². The molecule has 2 aromatic heterocycles. The van der Waals surface area contributed by atoms with Crippen LogP contribution >= 0.6 is 0 Å². The van der Waals surface area contributed by atoms with Crippen molar-refractivity contribution in [3.63, 3.8) is 0 Å². The van der Waals surface area contributed by atoms with E-state index in [9.17, 15) is 15.1 Å². The fourth-order valence-corrected chi connectivity index (χ4v) is 3.77. The van der Waals surface area contributed by atoms with E-state index < -0.39 is 5.97 Å². The number of carbonyl (C=O) groups is 1. The van der Waals surface area contributed by atoms with Crippen molar-refractivity contribution in [1.29, 1.82) is 0 Å². The Morgan fingerprint density at radius 2 is 2.33 bits per heavy atom. The summed E-state index contributed by atoms with van der Waals surface area (Å²) in [6.07, 6.45) is 8.12. The van der Waals surface area contributed by atoms with Crippen LogP contribution in [-0.2, 0) is 6.42 Å². The quantitative estimate of drug-likeness (QED) is 0.657. The maximum Gasteiger partial charge on any atom is 0.356 e. The second-order valence-electron chi connectivity index (χ2n) is 5.71. The fraction of sp³-hybridized carbons (Fsp3) is 0.429. The summed E-state index contributed by atoms with van der Waals surface area (Å²) in [6, 6.07) is 0. The van der Waals surface area contributed by atoms with Crippen LogP contribution < -0.4 is 4.73 Å².